The Labute approximate surface area is 66.0 Å². The van der Waals surface area contributed by atoms with Crippen LogP contribution in [0.4, 0.5) is 0 Å². The molecule has 0 unspecified atom stereocenters. The van der Waals surface area contributed by atoms with Gasteiger partial charge in [-0.3, -0.25) is 14.9 Å². The van der Waals surface area contributed by atoms with Crippen molar-refractivity contribution in [3.05, 3.63) is 24.5 Å². The average Bonchev–Trinajstić information content (AvgIpc) is 2.39. The van der Waals surface area contributed by atoms with Crippen LogP contribution in [0.5, 0.6) is 0 Å². The van der Waals surface area contributed by atoms with E-state index in [2.05, 4.69) is 5.43 Å². The molecule has 11 heavy (non-hydrogen) atoms. The first kappa shape index (κ1) is 7.85. The summed E-state index contributed by atoms with van der Waals surface area (Å²) >= 11 is 0. The van der Waals surface area contributed by atoms with Gasteiger partial charge in [-0.15, -0.1) is 0 Å². The Kier molecular flexibility index (Phi) is 2.31. The molecular formula is C8H12N2O. The van der Waals surface area contributed by atoms with Gasteiger partial charge in [0.15, 0.2) is 0 Å². The zero-order valence-corrected chi connectivity index (χ0v) is 6.74. The maximum absolute atomic E-state index is 11.1. The normalized spacial score (nSPS) is 10.1. The van der Waals surface area contributed by atoms with Gasteiger partial charge in [-0.2, -0.15) is 0 Å². The van der Waals surface area contributed by atoms with Crippen molar-refractivity contribution in [3.8, 4) is 0 Å². The van der Waals surface area contributed by atoms with Crippen LogP contribution in [0, 0.1) is 5.92 Å². The lowest BCUT2D eigenvalue weighted by Crippen LogP contribution is -2.25. The van der Waals surface area contributed by atoms with Crippen LogP contribution in [0.1, 0.15) is 13.8 Å². The van der Waals surface area contributed by atoms with Crippen molar-refractivity contribution in [2.24, 2.45) is 5.92 Å². The van der Waals surface area contributed by atoms with Gasteiger partial charge in [0.05, 0.1) is 0 Å². The summed E-state index contributed by atoms with van der Waals surface area (Å²) in [6.07, 6.45) is 3.58. The molecule has 1 heterocycles. The van der Waals surface area contributed by atoms with Crippen LogP contribution in [-0.4, -0.2) is 10.6 Å². The standard InChI is InChI=1S/C8H12N2O/c1-7(2)8(11)9-10-5-3-4-6-10/h3-7H,1-2H3,(H,9,11). The molecule has 1 rings (SSSR count). The third kappa shape index (κ3) is 2.11. The fraction of sp³-hybridized carbons (Fsp3) is 0.375. The molecule has 60 valence electrons. The lowest BCUT2D eigenvalue weighted by atomic mass is 10.2. The second-order valence-corrected chi connectivity index (χ2v) is 2.72. The van der Waals surface area contributed by atoms with Crippen molar-refractivity contribution in [1.29, 1.82) is 0 Å². The van der Waals surface area contributed by atoms with Gasteiger partial charge in [0, 0.05) is 18.3 Å². The Morgan fingerprint density at radius 2 is 1.91 bits per heavy atom. The third-order valence-electron chi connectivity index (χ3n) is 1.37. The van der Waals surface area contributed by atoms with Gasteiger partial charge in [-0.1, -0.05) is 13.8 Å². The minimum atomic E-state index is 0.0254. The summed E-state index contributed by atoms with van der Waals surface area (Å²) in [6, 6.07) is 3.72. The van der Waals surface area contributed by atoms with Gasteiger partial charge in [0.2, 0.25) is 5.91 Å². The van der Waals surface area contributed by atoms with E-state index < -0.39 is 0 Å². The number of hydrogen-bond acceptors (Lipinski definition) is 1. The molecule has 0 aliphatic heterocycles. The molecule has 0 aliphatic carbocycles. The van der Waals surface area contributed by atoms with Crippen molar-refractivity contribution in [3.63, 3.8) is 0 Å². The molecule has 0 bridgehead atoms. The van der Waals surface area contributed by atoms with Crippen LogP contribution >= 0.6 is 0 Å². The SMILES string of the molecule is CC(C)C(=O)Nn1cccc1. The molecule has 1 amide bonds. The Hall–Kier alpha value is -1.25. The van der Waals surface area contributed by atoms with E-state index in [1.807, 2.05) is 26.0 Å². The molecule has 0 aliphatic rings. The second kappa shape index (κ2) is 3.23. The monoisotopic (exact) mass is 152 g/mol. The summed E-state index contributed by atoms with van der Waals surface area (Å²) in [4.78, 5) is 11.1. The fourth-order valence-electron chi connectivity index (χ4n) is 0.665. The number of carbonyl (C=O) groups excluding carboxylic acids is 1. The smallest absolute Gasteiger partial charge is 0.241 e. The lowest BCUT2D eigenvalue weighted by molar-refractivity contribution is -0.119. The van der Waals surface area contributed by atoms with Crippen molar-refractivity contribution in [2.75, 3.05) is 5.43 Å². The molecule has 1 aromatic rings. The highest BCUT2D eigenvalue weighted by Crippen LogP contribution is 1.93. The zero-order valence-electron chi connectivity index (χ0n) is 6.74. The Balaban J connectivity index is 2.50. The Bertz CT molecular complexity index is 226. The number of hydrogen-bond donors (Lipinski definition) is 1. The molecule has 1 N–H and O–H groups in total. The molecule has 0 saturated heterocycles. The predicted molar refractivity (Wildman–Crippen MR) is 43.6 cm³/mol. The first-order chi connectivity index (χ1) is 5.20. The van der Waals surface area contributed by atoms with E-state index in [9.17, 15) is 4.79 Å². The van der Waals surface area contributed by atoms with E-state index in [-0.39, 0.29) is 11.8 Å². The summed E-state index contributed by atoms with van der Waals surface area (Å²) in [5.74, 6) is 0.0543. The van der Waals surface area contributed by atoms with Crippen LogP contribution in [0.25, 0.3) is 0 Å². The molecule has 0 fully saturated rings. The predicted octanol–water partition coefficient (Wildman–Crippen LogP) is 1.21. The van der Waals surface area contributed by atoms with E-state index in [0.29, 0.717) is 0 Å². The topological polar surface area (TPSA) is 34.0 Å². The largest absolute Gasteiger partial charge is 0.273 e. The molecule has 0 radical (unpaired) electrons. The first-order valence-electron chi connectivity index (χ1n) is 3.64. The van der Waals surface area contributed by atoms with Crippen LogP contribution in [0.3, 0.4) is 0 Å². The average molecular weight is 152 g/mol. The summed E-state index contributed by atoms with van der Waals surface area (Å²) in [7, 11) is 0. The molecule has 0 aromatic carbocycles. The van der Waals surface area contributed by atoms with Crippen LogP contribution in [-0.2, 0) is 4.79 Å². The van der Waals surface area contributed by atoms with Gasteiger partial charge < -0.3 is 0 Å². The van der Waals surface area contributed by atoms with E-state index in [4.69, 9.17) is 0 Å². The zero-order chi connectivity index (χ0) is 8.27. The number of carbonyl (C=O) groups is 1. The number of nitrogens with zero attached hydrogens (tertiary/aromatic N) is 1. The van der Waals surface area contributed by atoms with E-state index >= 15 is 0 Å². The fourth-order valence-corrected chi connectivity index (χ4v) is 0.665. The van der Waals surface area contributed by atoms with Crippen LogP contribution in [0.2, 0.25) is 0 Å². The molecule has 0 spiro atoms. The van der Waals surface area contributed by atoms with Gasteiger partial charge in [-0.05, 0) is 12.1 Å². The molecule has 3 nitrogen and oxygen atoms in total. The number of rotatable bonds is 2. The first-order valence-corrected chi connectivity index (χ1v) is 3.64. The minimum Gasteiger partial charge on any atom is -0.273 e. The van der Waals surface area contributed by atoms with Crippen molar-refractivity contribution < 1.29 is 4.79 Å². The molecule has 1 aromatic heterocycles. The van der Waals surface area contributed by atoms with Crippen molar-refractivity contribution in [2.45, 2.75) is 13.8 Å². The summed E-state index contributed by atoms with van der Waals surface area (Å²) < 4.78 is 1.64. The molecule has 0 atom stereocenters. The van der Waals surface area contributed by atoms with Gasteiger partial charge >= 0.3 is 0 Å². The molecular weight excluding hydrogens is 140 g/mol. The summed E-state index contributed by atoms with van der Waals surface area (Å²) in [5, 5.41) is 0. The van der Waals surface area contributed by atoms with Gasteiger partial charge in [0.25, 0.3) is 0 Å². The Morgan fingerprint density at radius 1 is 1.36 bits per heavy atom. The number of amides is 1. The second-order valence-electron chi connectivity index (χ2n) is 2.72. The maximum Gasteiger partial charge on any atom is 0.241 e. The quantitative estimate of drug-likeness (QED) is 0.679. The maximum atomic E-state index is 11.1. The minimum absolute atomic E-state index is 0.0254. The van der Waals surface area contributed by atoms with Crippen LogP contribution < -0.4 is 5.43 Å². The number of nitrogens with one attached hydrogen (secondary N) is 1. The Morgan fingerprint density at radius 3 is 2.36 bits per heavy atom. The summed E-state index contributed by atoms with van der Waals surface area (Å²) in [6.45, 7) is 3.72. The molecule has 0 saturated carbocycles. The lowest BCUT2D eigenvalue weighted by Gasteiger charge is -2.07. The van der Waals surface area contributed by atoms with E-state index in [1.54, 1.807) is 17.1 Å². The summed E-state index contributed by atoms with van der Waals surface area (Å²) in [5.41, 5.74) is 2.70. The van der Waals surface area contributed by atoms with Gasteiger partial charge in [0.1, 0.15) is 0 Å². The highest BCUT2D eigenvalue weighted by atomic mass is 16.2. The van der Waals surface area contributed by atoms with Gasteiger partial charge in [-0.25, -0.2) is 0 Å². The van der Waals surface area contributed by atoms with Crippen molar-refractivity contribution >= 4 is 5.91 Å². The highest BCUT2D eigenvalue weighted by molar-refractivity contribution is 5.85. The highest BCUT2D eigenvalue weighted by Gasteiger charge is 2.04. The van der Waals surface area contributed by atoms with E-state index in [0.717, 1.165) is 0 Å². The van der Waals surface area contributed by atoms with Crippen molar-refractivity contribution in [1.82, 2.24) is 4.68 Å². The van der Waals surface area contributed by atoms with E-state index in [1.165, 1.54) is 0 Å². The molecule has 3 heteroatoms. The third-order valence-corrected chi connectivity index (χ3v) is 1.37. The van der Waals surface area contributed by atoms with Crippen LogP contribution in [0.15, 0.2) is 24.5 Å². The number of aromatic nitrogens is 1.